The van der Waals surface area contributed by atoms with Crippen molar-refractivity contribution in [2.75, 3.05) is 12.0 Å². The number of nitrogens with zero attached hydrogens (tertiary/aromatic N) is 2. The summed E-state index contributed by atoms with van der Waals surface area (Å²) in [5.41, 5.74) is 2.78. The maximum Gasteiger partial charge on any atom is 0.258 e. The lowest BCUT2D eigenvalue weighted by molar-refractivity contribution is 0.0996. The van der Waals surface area contributed by atoms with Gasteiger partial charge in [0, 0.05) is 16.8 Å². The molecule has 0 unspecified atom stereocenters. The molecule has 1 aliphatic rings. The van der Waals surface area contributed by atoms with Gasteiger partial charge < -0.3 is 9.64 Å². The number of methoxy groups -OCH3 is 1. The van der Waals surface area contributed by atoms with E-state index >= 15 is 0 Å². The van der Waals surface area contributed by atoms with E-state index in [2.05, 4.69) is 6.07 Å². The van der Waals surface area contributed by atoms with Gasteiger partial charge in [0.2, 0.25) is 0 Å². The molecule has 0 saturated heterocycles. The van der Waals surface area contributed by atoms with Crippen LogP contribution in [0.4, 0.5) is 5.69 Å². The topological polar surface area (TPSA) is 53.3 Å². The van der Waals surface area contributed by atoms with Gasteiger partial charge in [-0.15, -0.1) is 0 Å². The minimum atomic E-state index is -0.0673. The number of benzene rings is 2. The van der Waals surface area contributed by atoms with Crippen LogP contribution in [0.15, 0.2) is 42.5 Å². The molecule has 1 amide bonds. The third-order valence-corrected chi connectivity index (χ3v) is 3.47. The Balaban J connectivity index is 1.99. The van der Waals surface area contributed by atoms with Crippen molar-refractivity contribution in [2.45, 2.75) is 6.54 Å². The number of hydrogen-bond donors (Lipinski definition) is 0. The van der Waals surface area contributed by atoms with Gasteiger partial charge in [-0.25, -0.2) is 0 Å². The standard InChI is InChI=1S/C16H12N2O2/c1-20-13-7-5-12(6-8-13)18-10-15-11(9-17)3-2-4-14(15)16(18)19/h2-8H,10H2,1H3. The Bertz CT molecular complexity index is 714. The van der Waals surface area contributed by atoms with Gasteiger partial charge in [-0.3, -0.25) is 4.79 Å². The number of hydrogen-bond acceptors (Lipinski definition) is 3. The number of ether oxygens (including phenoxy) is 1. The van der Waals surface area contributed by atoms with E-state index in [1.165, 1.54) is 0 Å². The Morgan fingerprint density at radius 3 is 2.60 bits per heavy atom. The van der Waals surface area contributed by atoms with E-state index in [0.717, 1.165) is 17.0 Å². The summed E-state index contributed by atoms with van der Waals surface area (Å²) in [7, 11) is 1.60. The highest BCUT2D eigenvalue weighted by Crippen LogP contribution is 2.31. The number of anilines is 1. The summed E-state index contributed by atoms with van der Waals surface area (Å²) in [6.07, 6.45) is 0. The SMILES string of the molecule is COc1ccc(N2Cc3c(C#N)cccc3C2=O)cc1. The Morgan fingerprint density at radius 2 is 1.95 bits per heavy atom. The van der Waals surface area contributed by atoms with E-state index in [1.807, 2.05) is 24.3 Å². The molecule has 4 nitrogen and oxygen atoms in total. The molecule has 0 radical (unpaired) electrons. The van der Waals surface area contributed by atoms with Crippen LogP contribution < -0.4 is 9.64 Å². The van der Waals surface area contributed by atoms with Crippen LogP contribution in [0.2, 0.25) is 0 Å². The van der Waals surface area contributed by atoms with Crippen molar-refractivity contribution in [1.82, 2.24) is 0 Å². The van der Waals surface area contributed by atoms with E-state index < -0.39 is 0 Å². The van der Waals surface area contributed by atoms with E-state index in [9.17, 15) is 4.79 Å². The fraction of sp³-hybridized carbons (Fsp3) is 0.125. The molecule has 0 aliphatic carbocycles. The highest BCUT2D eigenvalue weighted by Gasteiger charge is 2.30. The molecule has 0 bridgehead atoms. The largest absolute Gasteiger partial charge is 0.497 e. The van der Waals surface area contributed by atoms with Crippen molar-refractivity contribution < 1.29 is 9.53 Å². The van der Waals surface area contributed by atoms with Gasteiger partial charge in [-0.2, -0.15) is 5.26 Å². The third-order valence-electron chi connectivity index (χ3n) is 3.47. The van der Waals surface area contributed by atoms with Gasteiger partial charge in [0.05, 0.1) is 25.3 Å². The van der Waals surface area contributed by atoms with Gasteiger partial charge in [0.15, 0.2) is 0 Å². The quantitative estimate of drug-likeness (QED) is 0.838. The Kier molecular flexibility index (Phi) is 2.88. The number of amides is 1. The second kappa shape index (κ2) is 4.71. The van der Waals surface area contributed by atoms with Crippen LogP contribution >= 0.6 is 0 Å². The van der Waals surface area contributed by atoms with Crippen molar-refractivity contribution in [1.29, 1.82) is 5.26 Å². The average Bonchev–Trinajstić information content (AvgIpc) is 2.85. The first-order valence-electron chi connectivity index (χ1n) is 6.22. The summed E-state index contributed by atoms with van der Waals surface area (Å²) in [6, 6.07) is 14.7. The van der Waals surface area contributed by atoms with Crippen LogP contribution in [0.1, 0.15) is 21.5 Å². The monoisotopic (exact) mass is 264 g/mol. The van der Waals surface area contributed by atoms with Crippen molar-refractivity contribution in [3.63, 3.8) is 0 Å². The molecule has 1 aliphatic heterocycles. The Labute approximate surface area is 116 Å². The summed E-state index contributed by atoms with van der Waals surface area (Å²) in [5, 5.41) is 9.12. The molecule has 1 heterocycles. The molecule has 0 saturated carbocycles. The smallest absolute Gasteiger partial charge is 0.258 e. The zero-order valence-corrected chi connectivity index (χ0v) is 11.0. The van der Waals surface area contributed by atoms with Crippen LogP contribution in [0.3, 0.4) is 0 Å². The van der Waals surface area contributed by atoms with Crippen LogP contribution in [-0.2, 0) is 6.54 Å². The molecule has 2 aromatic rings. The lowest BCUT2D eigenvalue weighted by Crippen LogP contribution is -2.22. The molecule has 3 rings (SSSR count). The summed E-state index contributed by atoms with van der Waals surface area (Å²) in [5.74, 6) is 0.679. The van der Waals surface area contributed by atoms with Gasteiger partial charge in [0.1, 0.15) is 5.75 Å². The number of carbonyl (C=O) groups excluding carboxylic acids is 1. The summed E-state index contributed by atoms with van der Waals surface area (Å²) in [6.45, 7) is 0.435. The predicted octanol–water partition coefficient (Wildman–Crippen LogP) is 2.73. The maximum atomic E-state index is 12.4. The molecule has 2 aromatic carbocycles. The van der Waals surface area contributed by atoms with Crippen molar-refractivity contribution in [3.8, 4) is 11.8 Å². The van der Waals surface area contributed by atoms with Crippen LogP contribution in [0, 0.1) is 11.3 Å². The summed E-state index contributed by atoms with van der Waals surface area (Å²) in [4.78, 5) is 14.1. The van der Waals surface area contributed by atoms with Gasteiger partial charge in [-0.1, -0.05) is 6.07 Å². The summed E-state index contributed by atoms with van der Waals surface area (Å²) >= 11 is 0. The Hall–Kier alpha value is -2.80. The van der Waals surface area contributed by atoms with Gasteiger partial charge in [-0.05, 0) is 36.4 Å². The number of carbonyl (C=O) groups is 1. The number of nitriles is 1. The van der Waals surface area contributed by atoms with E-state index in [0.29, 0.717) is 17.7 Å². The minimum absolute atomic E-state index is 0.0673. The molecular weight excluding hydrogens is 252 g/mol. The maximum absolute atomic E-state index is 12.4. The number of fused-ring (bicyclic) bond motifs is 1. The van der Waals surface area contributed by atoms with Gasteiger partial charge >= 0.3 is 0 Å². The molecule has 4 heteroatoms. The van der Waals surface area contributed by atoms with Crippen molar-refractivity contribution in [2.24, 2.45) is 0 Å². The van der Waals surface area contributed by atoms with E-state index in [-0.39, 0.29) is 5.91 Å². The van der Waals surface area contributed by atoms with Crippen molar-refractivity contribution >= 4 is 11.6 Å². The lowest BCUT2D eigenvalue weighted by atomic mass is 10.0. The second-order valence-electron chi connectivity index (χ2n) is 4.53. The first kappa shape index (κ1) is 12.2. The van der Waals surface area contributed by atoms with E-state index in [4.69, 9.17) is 10.00 Å². The fourth-order valence-corrected chi connectivity index (χ4v) is 2.41. The lowest BCUT2D eigenvalue weighted by Gasteiger charge is -2.16. The van der Waals surface area contributed by atoms with Crippen molar-refractivity contribution in [3.05, 3.63) is 59.2 Å². The number of rotatable bonds is 2. The first-order chi connectivity index (χ1) is 9.74. The first-order valence-corrected chi connectivity index (χ1v) is 6.22. The third kappa shape index (κ3) is 1.81. The minimum Gasteiger partial charge on any atom is -0.497 e. The van der Waals surface area contributed by atoms with E-state index in [1.54, 1.807) is 30.2 Å². The molecule has 0 N–H and O–H groups in total. The molecule has 0 fully saturated rings. The molecular formula is C16H12N2O2. The molecule has 0 aromatic heterocycles. The zero-order valence-electron chi connectivity index (χ0n) is 11.0. The van der Waals surface area contributed by atoms with Crippen LogP contribution in [-0.4, -0.2) is 13.0 Å². The normalized spacial score (nSPS) is 13.0. The Morgan fingerprint density at radius 1 is 1.20 bits per heavy atom. The molecule has 0 atom stereocenters. The molecule has 98 valence electrons. The fourth-order valence-electron chi connectivity index (χ4n) is 2.41. The molecule has 20 heavy (non-hydrogen) atoms. The average molecular weight is 264 g/mol. The summed E-state index contributed by atoms with van der Waals surface area (Å²) < 4.78 is 5.11. The highest BCUT2D eigenvalue weighted by atomic mass is 16.5. The van der Waals surface area contributed by atoms with Gasteiger partial charge in [0.25, 0.3) is 5.91 Å². The van der Waals surface area contributed by atoms with Crippen LogP contribution in [0.25, 0.3) is 0 Å². The predicted molar refractivity (Wildman–Crippen MR) is 74.7 cm³/mol. The molecule has 0 spiro atoms. The second-order valence-corrected chi connectivity index (χ2v) is 4.53. The van der Waals surface area contributed by atoms with Crippen LogP contribution in [0.5, 0.6) is 5.75 Å². The zero-order chi connectivity index (χ0) is 14.1. The highest BCUT2D eigenvalue weighted by molar-refractivity contribution is 6.10.